The smallest absolute Gasteiger partial charge is 0.246 e. The van der Waals surface area contributed by atoms with E-state index in [1.54, 1.807) is 30.3 Å². The maximum atomic E-state index is 11.8. The minimum Gasteiger partial charge on any atom is -0.453 e. The first-order chi connectivity index (χ1) is 10.8. The molecule has 0 bridgehead atoms. The van der Waals surface area contributed by atoms with E-state index in [-0.39, 0.29) is 61.1 Å². The number of hydrogen-bond acceptors (Lipinski definition) is 3. The van der Waals surface area contributed by atoms with Crippen molar-refractivity contribution in [1.29, 1.82) is 0 Å². The van der Waals surface area contributed by atoms with E-state index in [4.69, 9.17) is 62.7 Å². The summed E-state index contributed by atoms with van der Waals surface area (Å²) in [6, 6.07) is 8.53. The predicted octanol–water partition coefficient (Wildman–Crippen LogP) is 5.65. The zero-order chi connectivity index (χ0) is 17.2. The van der Waals surface area contributed by atoms with Crippen LogP contribution in [0, 0.1) is 0 Å². The molecule has 2 aromatic carbocycles. The number of sulfonamides is 1. The van der Waals surface area contributed by atoms with E-state index < -0.39 is 15.2 Å². The normalized spacial score (nSPS) is 10.9. The van der Waals surface area contributed by atoms with Crippen molar-refractivity contribution < 1.29 is 13.2 Å². The summed E-state index contributed by atoms with van der Waals surface area (Å²) in [5.74, 6) is 0.320. The fourth-order valence-corrected chi connectivity index (χ4v) is 3.29. The van der Waals surface area contributed by atoms with E-state index in [1.165, 1.54) is 0 Å². The van der Waals surface area contributed by atoms with Gasteiger partial charge in [0.15, 0.2) is 5.75 Å². The van der Waals surface area contributed by atoms with Crippen LogP contribution in [0.5, 0.6) is 11.5 Å². The third-order valence-corrected chi connectivity index (χ3v) is 6.04. The van der Waals surface area contributed by atoms with Crippen LogP contribution in [-0.4, -0.2) is 43.2 Å². The van der Waals surface area contributed by atoms with Gasteiger partial charge in [0.1, 0.15) is 21.7 Å². The summed E-state index contributed by atoms with van der Waals surface area (Å²) in [5.41, 5.74) is -0.143. The molecule has 1 radical (unpaired) electrons. The molecule has 0 saturated carbocycles. The Balaban J connectivity index is 0.00000288. The average molecular weight is 459 g/mol. The van der Waals surface area contributed by atoms with Gasteiger partial charge in [-0.3, -0.25) is 4.72 Å². The van der Waals surface area contributed by atoms with Gasteiger partial charge < -0.3 is 4.74 Å². The van der Waals surface area contributed by atoms with Gasteiger partial charge in [0, 0.05) is 29.6 Å². The number of alkyl halides is 1. The monoisotopic (exact) mass is 456 g/mol. The molecule has 0 aromatic heterocycles. The Kier molecular flexibility index (Phi) is 8.80. The summed E-state index contributed by atoms with van der Waals surface area (Å²) < 4.78 is 31.3. The first-order valence-electron chi connectivity index (χ1n) is 5.92. The van der Waals surface area contributed by atoms with Gasteiger partial charge in [-0.25, -0.2) is 8.42 Å². The number of rotatable bonds is 5. The van der Waals surface area contributed by atoms with Gasteiger partial charge in [0.2, 0.25) is 10.0 Å². The molecule has 0 amide bonds. The van der Waals surface area contributed by atoms with Gasteiger partial charge in [-0.05, 0) is 12.1 Å². The molecule has 0 fully saturated rings. The zero-order valence-electron chi connectivity index (χ0n) is 12.1. The molecule has 1 N–H and O–H groups in total. The average Bonchev–Trinajstić information content (AvgIpc) is 2.55. The summed E-state index contributed by atoms with van der Waals surface area (Å²) in [5, 5.41) is -1.09. The van der Waals surface area contributed by atoms with E-state index in [2.05, 4.69) is 4.72 Å². The third kappa shape index (κ3) is 5.22. The van der Waals surface area contributed by atoms with Crippen molar-refractivity contribution in [2.45, 2.75) is 0 Å². The summed E-state index contributed by atoms with van der Waals surface area (Å²) in [4.78, 5) is 0. The van der Waals surface area contributed by atoms with Crippen LogP contribution in [0.1, 0.15) is 0 Å². The van der Waals surface area contributed by atoms with Crippen molar-refractivity contribution in [1.82, 2.24) is 0 Å². The van der Waals surface area contributed by atoms with Gasteiger partial charge in [0.25, 0.3) is 0 Å². The molecular weight excluding hydrogens is 450 g/mol. The first-order valence-corrected chi connectivity index (χ1v) is 9.62. The van der Waals surface area contributed by atoms with Crippen LogP contribution in [0.25, 0.3) is 0 Å². The molecule has 0 atom stereocenters. The second-order valence-corrected chi connectivity index (χ2v) is 8.02. The molecule has 4 nitrogen and oxygen atoms in total. The SMILES string of the molecule is O=S(=O)(CCl)Nc1c(Cl)c(Cl)c(Cl)c(Cl)c1Oc1ccccc1.[Na]. The van der Waals surface area contributed by atoms with Crippen molar-refractivity contribution in [3.63, 3.8) is 0 Å². The number of ether oxygens (including phenoxy) is 1. The molecular formula is C13H8Cl5NNaO3S. The number of hydrogen-bond donors (Lipinski definition) is 1. The Bertz CT molecular complexity index is 833. The van der Waals surface area contributed by atoms with Crippen molar-refractivity contribution in [2.75, 3.05) is 9.93 Å². The number of nitrogens with one attached hydrogen (secondary N) is 1. The fraction of sp³-hybridized carbons (Fsp3) is 0.0769. The molecule has 125 valence electrons. The summed E-state index contributed by atoms with van der Waals surface area (Å²) in [7, 11) is -3.87. The van der Waals surface area contributed by atoms with Crippen LogP contribution in [0.3, 0.4) is 0 Å². The number of anilines is 1. The molecule has 0 unspecified atom stereocenters. The van der Waals surface area contributed by atoms with E-state index in [1.807, 2.05) is 0 Å². The molecule has 24 heavy (non-hydrogen) atoms. The van der Waals surface area contributed by atoms with Crippen LogP contribution in [0.2, 0.25) is 20.1 Å². The standard InChI is InChI=1S/C13H8Cl5NO3S.Na/c14-6-23(20,21)19-12-10(17)8(15)9(16)11(18)13(12)22-7-4-2-1-3-5-7;/h1-5,19H,6H2;. The second kappa shape index (κ2) is 9.40. The Labute approximate surface area is 186 Å². The predicted molar refractivity (Wildman–Crippen MR) is 102 cm³/mol. The minimum atomic E-state index is -3.87. The fourth-order valence-electron chi connectivity index (χ4n) is 1.59. The van der Waals surface area contributed by atoms with Crippen molar-refractivity contribution in [3.05, 3.63) is 50.4 Å². The maximum absolute atomic E-state index is 11.8. The van der Waals surface area contributed by atoms with E-state index in [0.717, 1.165) is 0 Å². The van der Waals surface area contributed by atoms with Crippen molar-refractivity contribution >= 4 is 103 Å². The molecule has 0 heterocycles. The topological polar surface area (TPSA) is 55.4 Å². The van der Waals surface area contributed by atoms with Gasteiger partial charge >= 0.3 is 0 Å². The summed E-state index contributed by atoms with van der Waals surface area (Å²) in [6.07, 6.45) is 0. The van der Waals surface area contributed by atoms with E-state index in [0.29, 0.717) is 5.75 Å². The quantitative estimate of drug-likeness (QED) is 0.273. The molecule has 11 heteroatoms. The van der Waals surface area contributed by atoms with Gasteiger partial charge in [-0.15, -0.1) is 11.6 Å². The molecule has 2 aromatic rings. The molecule has 0 aliphatic carbocycles. The van der Waals surface area contributed by atoms with E-state index in [9.17, 15) is 8.42 Å². The minimum absolute atomic E-state index is 0. The van der Waals surface area contributed by atoms with Crippen LogP contribution in [0.15, 0.2) is 30.3 Å². The molecule has 0 saturated heterocycles. The Morgan fingerprint density at radius 1 is 0.917 bits per heavy atom. The number of para-hydroxylation sites is 1. The van der Waals surface area contributed by atoms with Crippen LogP contribution >= 0.6 is 58.0 Å². The Morgan fingerprint density at radius 2 is 1.46 bits per heavy atom. The Morgan fingerprint density at radius 3 is 2.00 bits per heavy atom. The molecule has 2 rings (SSSR count). The second-order valence-electron chi connectivity index (χ2n) is 4.20. The van der Waals surface area contributed by atoms with Crippen molar-refractivity contribution in [3.8, 4) is 11.5 Å². The van der Waals surface area contributed by atoms with Gasteiger partial charge in [0.05, 0.1) is 15.1 Å². The molecule has 0 spiro atoms. The number of halogens is 5. The molecule has 0 aliphatic heterocycles. The molecule has 0 aliphatic rings. The maximum Gasteiger partial charge on any atom is 0.246 e. The van der Waals surface area contributed by atoms with E-state index >= 15 is 0 Å². The first kappa shape index (κ1) is 22.5. The Hall–Kier alpha value is 0.440. The van der Waals surface area contributed by atoms with Gasteiger partial charge in [-0.1, -0.05) is 64.6 Å². The third-order valence-electron chi connectivity index (χ3n) is 2.59. The summed E-state index contributed by atoms with van der Waals surface area (Å²) in [6.45, 7) is 0. The van der Waals surface area contributed by atoms with Crippen LogP contribution < -0.4 is 9.46 Å². The zero-order valence-corrected chi connectivity index (χ0v) is 18.7. The van der Waals surface area contributed by atoms with Crippen molar-refractivity contribution in [2.24, 2.45) is 0 Å². The largest absolute Gasteiger partial charge is 0.453 e. The number of benzene rings is 2. The van der Waals surface area contributed by atoms with Crippen LogP contribution in [-0.2, 0) is 10.0 Å². The van der Waals surface area contributed by atoms with Gasteiger partial charge in [-0.2, -0.15) is 0 Å². The van der Waals surface area contributed by atoms with Crippen LogP contribution in [0.4, 0.5) is 5.69 Å². The summed E-state index contributed by atoms with van der Waals surface area (Å²) >= 11 is 29.6.